The van der Waals surface area contributed by atoms with Gasteiger partial charge in [0.05, 0.1) is 18.3 Å². The lowest BCUT2D eigenvalue weighted by atomic mass is 10.0. The van der Waals surface area contributed by atoms with E-state index in [1.807, 2.05) is 25.1 Å². The van der Waals surface area contributed by atoms with E-state index in [0.29, 0.717) is 6.61 Å². The van der Waals surface area contributed by atoms with Gasteiger partial charge < -0.3 is 14.8 Å². The van der Waals surface area contributed by atoms with E-state index in [9.17, 15) is 0 Å². The minimum absolute atomic E-state index is 0.0708. The van der Waals surface area contributed by atoms with Gasteiger partial charge in [-0.3, -0.25) is 0 Å². The van der Waals surface area contributed by atoms with E-state index >= 15 is 0 Å². The number of hydrogen-bond donors (Lipinski definition) is 1. The van der Waals surface area contributed by atoms with Crippen LogP contribution in [0, 0.1) is 0 Å². The normalized spacial score (nSPS) is 23.4. The molecule has 1 aromatic carbocycles. The molecule has 3 heteroatoms. The quantitative estimate of drug-likeness (QED) is 0.873. The fourth-order valence-electron chi connectivity index (χ4n) is 2.18. The topological polar surface area (TPSA) is 30.5 Å². The second-order valence-corrected chi connectivity index (χ2v) is 4.97. The maximum atomic E-state index is 6.10. The Labute approximate surface area is 103 Å². The van der Waals surface area contributed by atoms with Crippen molar-refractivity contribution >= 4 is 0 Å². The average Bonchev–Trinajstić information content (AvgIpc) is 2.29. The van der Waals surface area contributed by atoms with Gasteiger partial charge in [0.15, 0.2) is 0 Å². The van der Waals surface area contributed by atoms with Crippen LogP contribution in [0.1, 0.15) is 32.4 Å². The van der Waals surface area contributed by atoms with E-state index in [4.69, 9.17) is 9.47 Å². The molecule has 1 heterocycles. The molecule has 3 nitrogen and oxygen atoms in total. The number of ether oxygens (including phenoxy) is 2. The highest BCUT2D eigenvalue weighted by molar-refractivity contribution is 5.35. The van der Waals surface area contributed by atoms with E-state index in [2.05, 4.69) is 25.2 Å². The molecule has 1 saturated heterocycles. The number of benzene rings is 1. The summed E-state index contributed by atoms with van der Waals surface area (Å²) in [4.78, 5) is 0. The van der Waals surface area contributed by atoms with Crippen molar-refractivity contribution < 1.29 is 9.47 Å². The summed E-state index contributed by atoms with van der Waals surface area (Å²) in [5.74, 6) is 0.930. The second kappa shape index (κ2) is 5.07. The first-order chi connectivity index (χ1) is 8.12. The van der Waals surface area contributed by atoms with Gasteiger partial charge in [0.2, 0.25) is 0 Å². The first-order valence-corrected chi connectivity index (χ1v) is 6.22. The van der Waals surface area contributed by atoms with E-state index in [1.54, 1.807) is 0 Å². The molecule has 0 aliphatic carbocycles. The van der Waals surface area contributed by atoms with Gasteiger partial charge in [0.25, 0.3) is 0 Å². The number of morpholine rings is 1. The number of nitrogens with one attached hydrogen (secondary N) is 1. The molecule has 0 aromatic heterocycles. The van der Waals surface area contributed by atoms with Gasteiger partial charge in [0, 0.05) is 18.7 Å². The van der Waals surface area contributed by atoms with Crippen molar-refractivity contribution in [2.24, 2.45) is 0 Å². The van der Waals surface area contributed by atoms with Crippen LogP contribution in [0.15, 0.2) is 24.3 Å². The number of rotatable bonds is 3. The molecule has 0 radical (unpaired) electrons. The minimum atomic E-state index is -0.123. The molecule has 1 fully saturated rings. The molecule has 1 aliphatic heterocycles. The standard InChI is InChI=1S/C14H21NO2/c1-4-16-12-8-6-5-7-11(12)13-9-15-10-14(2,3)17-13/h5-8,13,15H,4,9-10H2,1-3H3. The first-order valence-electron chi connectivity index (χ1n) is 6.22. The Morgan fingerprint density at radius 3 is 2.88 bits per heavy atom. The molecule has 0 spiro atoms. The Morgan fingerprint density at radius 1 is 1.41 bits per heavy atom. The monoisotopic (exact) mass is 235 g/mol. The Balaban J connectivity index is 2.21. The van der Waals surface area contributed by atoms with Gasteiger partial charge in [-0.05, 0) is 26.8 Å². The molecule has 1 N–H and O–H groups in total. The highest BCUT2D eigenvalue weighted by Gasteiger charge is 2.30. The molecular weight excluding hydrogens is 214 g/mol. The first kappa shape index (κ1) is 12.4. The van der Waals surface area contributed by atoms with Crippen molar-refractivity contribution in [2.75, 3.05) is 19.7 Å². The zero-order chi connectivity index (χ0) is 12.3. The third-order valence-corrected chi connectivity index (χ3v) is 2.91. The third kappa shape index (κ3) is 2.99. The van der Waals surface area contributed by atoms with Gasteiger partial charge in [-0.1, -0.05) is 18.2 Å². The van der Waals surface area contributed by atoms with Gasteiger partial charge in [-0.2, -0.15) is 0 Å². The van der Waals surface area contributed by atoms with Gasteiger partial charge in [0.1, 0.15) is 5.75 Å². The second-order valence-electron chi connectivity index (χ2n) is 4.97. The summed E-state index contributed by atoms with van der Waals surface area (Å²) in [5.41, 5.74) is 1.01. The highest BCUT2D eigenvalue weighted by Crippen LogP contribution is 2.32. The summed E-state index contributed by atoms with van der Waals surface area (Å²) >= 11 is 0. The van der Waals surface area contributed by atoms with Gasteiger partial charge >= 0.3 is 0 Å². The van der Waals surface area contributed by atoms with Crippen molar-refractivity contribution in [3.63, 3.8) is 0 Å². The van der Waals surface area contributed by atoms with Crippen LogP contribution in [-0.4, -0.2) is 25.3 Å². The van der Waals surface area contributed by atoms with E-state index < -0.39 is 0 Å². The largest absolute Gasteiger partial charge is 0.493 e. The molecule has 0 bridgehead atoms. The van der Waals surface area contributed by atoms with Crippen LogP contribution < -0.4 is 10.1 Å². The zero-order valence-corrected chi connectivity index (χ0v) is 10.8. The lowest BCUT2D eigenvalue weighted by Crippen LogP contribution is -2.46. The molecule has 1 aliphatic rings. The maximum absolute atomic E-state index is 6.10. The molecule has 1 atom stereocenters. The fourth-order valence-corrected chi connectivity index (χ4v) is 2.18. The molecular formula is C14H21NO2. The van der Waals surface area contributed by atoms with E-state index in [0.717, 1.165) is 24.4 Å². The average molecular weight is 235 g/mol. The number of para-hydroxylation sites is 1. The molecule has 2 rings (SSSR count). The van der Waals surface area contributed by atoms with Crippen LogP contribution >= 0.6 is 0 Å². The maximum Gasteiger partial charge on any atom is 0.125 e. The summed E-state index contributed by atoms with van der Waals surface area (Å²) in [7, 11) is 0. The summed E-state index contributed by atoms with van der Waals surface area (Å²) in [6, 6.07) is 8.11. The zero-order valence-electron chi connectivity index (χ0n) is 10.8. The van der Waals surface area contributed by atoms with Gasteiger partial charge in [-0.25, -0.2) is 0 Å². The van der Waals surface area contributed by atoms with Crippen LogP contribution in [0.2, 0.25) is 0 Å². The third-order valence-electron chi connectivity index (χ3n) is 2.91. The predicted molar refractivity (Wildman–Crippen MR) is 68.4 cm³/mol. The molecule has 1 aromatic rings. The van der Waals surface area contributed by atoms with E-state index in [1.165, 1.54) is 0 Å². The summed E-state index contributed by atoms with van der Waals surface area (Å²) in [6.45, 7) is 8.62. The molecule has 0 saturated carbocycles. The predicted octanol–water partition coefficient (Wildman–Crippen LogP) is 2.52. The Bertz CT molecular complexity index is 376. The van der Waals surface area contributed by atoms with Crippen molar-refractivity contribution in [3.05, 3.63) is 29.8 Å². The highest BCUT2D eigenvalue weighted by atomic mass is 16.5. The van der Waals surface area contributed by atoms with Crippen molar-refractivity contribution in [2.45, 2.75) is 32.5 Å². The van der Waals surface area contributed by atoms with Crippen molar-refractivity contribution in [1.29, 1.82) is 0 Å². The van der Waals surface area contributed by atoms with Crippen LogP contribution in [0.3, 0.4) is 0 Å². The molecule has 1 unspecified atom stereocenters. The van der Waals surface area contributed by atoms with E-state index in [-0.39, 0.29) is 11.7 Å². The summed E-state index contributed by atoms with van der Waals surface area (Å²) in [5, 5.41) is 3.41. The summed E-state index contributed by atoms with van der Waals surface area (Å²) < 4.78 is 11.8. The van der Waals surface area contributed by atoms with Crippen LogP contribution in [0.5, 0.6) is 5.75 Å². The lowest BCUT2D eigenvalue weighted by molar-refractivity contribution is -0.0965. The molecule has 17 heavy (non-hydrogen) atoms. The smallest absolute Gasteiger partial charge is 0.125 e. The van der Waals surface area contributed by atoms with Crippen molar-refractivity contribution in [1.82, 2.24) is 5.32 Å². The fraction of sp³-hybridized carbons (Fsp3) is 0.571. The Hall–Kier alpha value is -1.06. The lowest BCUT2D eigenvalue weighted by Gasteiger charge is -2.37. The van der Waals surface area contributed by atoms with Crippen LogP contribution in [0.4, 0.5) is 0 Å². The Kier molecular flexibility index (Phi) is 3.69. The Morgan fingerprint density at radius 2 is 2.18 bits per heavy atom. The molecule has 94 valence electrons. The minimum Gasteiger partial charge on any atom is -0.493 e. The van der Waals surface area contributed by atoms with Crippen LogP contribution in [-0.2, 0) is 4.74 Å². The van der Waals surface area contributed by atoms with Crippen LogP contribution in [0.25, 0.3) is 0 Å². The van der Waals surface area contributed by atoms with Crippen molar-refractivity contribution in [3.8, 4) is 5.75 Å². The SMILES string of the molecule is CCOc1ccccc1C1CNCC(C)(C)O1. The number of hydrogen-bond acceptors (Lipinski definition) is 3. The van der Waals surface area contributed by atoms with Gasteiger partial charge in [-0.15, -0.1) is 0 Å². The summed E-state index contributed by atoms with van der Waals surface area (Å²) in [6.07, 6.45) is 0.0708. The molecule has 0 amide bonds.